The summed E-state index contributed by atoms with van der Waals surface area (Å²) in [5.74, 6) is 0.527. The highest BCUT2D eigenvalue weighted by atomic mass is 35.5. The Morgan fingerprint density at radius 3 is 2.51 bits per heavy atom. The molecule has 37 heavy (non-hydrogen) atoms. The SMILES string of the molecule is C=CCn1c(SCC(=O)N2CCN(c3ccccc3)CC2)nnc1C(C)NC(=O)c1ccc(Cl)cc1Cl. The van der Waals surface area contributed by atoms with Crippen molar-refractivity contribution in [2.24, 2.45) is 0 Å². The molecule has 1 N–H and O–H groups in total. The highest BCUT2D eigenvalue weighted by molar-refractivity contribution is 7.99. The van der Waals surface area contributed by atoms with Crippen molar-refractivity contribution >= 4 is 52.5 Å². The molecule has 8 nitrogen and oxygen atoms in total. The molecule has 2 heterocycles. The van der Waals surface area contributed by atoms with E-state index >= 15 is 0 Å². The van der Waals surface area contributed by atoms with Crippen molar-refractivity contribution in [2.45, 2.75) is 24.7 Å². The molecule has 0 saturated carbocycles. The molecule has 1 aliphatic rings. The molecule has 3 aromatic rings. The molecule has 1 aromatic heterocycles. The highest BCUT2D eigenvalue weighted by Gasteiger charge is 2.24. The molecule has 11 heteroatoms. The van der Waals surface area contributed by atoms with Gasteiger partial charge < -0.3 is 19.7 Å². The Bertz CT molecular complexity index is 1260. The number of halogens is 2. The van der Waals surface area contributed by atoms with Crippen LogP contribution in [0.25, 0.3) is 0 Å². The number of benzene rings is 2. The number of hydrogen-bond donors (Lipinski definition) is 1. The van der Waals surface area contributed by atoms with Crippen molar-refractivity contribution in [2.75, 3.05) is 36.8 Å². The first kappa shape index (κ1) is 27.0. The van der Waals surface area contributed by atoms with Gasteiger partial charge in [0.25, 0.3) is 5.91 Å². The van der Waals surface area contributed by atoms with Gasteiger partial charge in [-0.05, 0) is 37.3 Å². The van der Waals surface area contributed by atoms with Crippen LogP contribution in [0.3, 0.4) is 0 Å². The Morgan fingerprint density at radius 1 is 1.11 bits per heavy atom. The summed E-state index contributed by atoms with van der Waals surface area (Å²) in [7, 11) is 0. The van der Waals surface area contributed by atoms with Gasteiger partial charge in [0.15, 0.2) is 11.0 Å². The van der Waals surface area contributed by atoms with E-state index in [-0.39, 0.29) is 22.6 Å². The summed E-state index contributed by atoms with van der Waals surface area (Å²) < 4.78 is 1.85. The third kappa shape index (κ3) is 6.66. The Labute approximate surface area is 230 Å². The minimum atomic E-state index is -0.456. The molecular formula is C26H28Cl2N6O2S. The number of carbonyl (C=O) groups excluding carboxylic acids is 2. The molecule has 0 aliphatic carbocycles. The van der Waals surface area contributed by atoms with E-state index in [1.165, 1.54) is 23.5 Å². The molecule has 4 rings (SSSR count). The van der Waals surface area contributed by atoms with Crippen molar-refractivity contribution in [3.63, 3.8) is 0 Å². The van der Waals surface area contributed by atoms with Crippen molar-refractivity contribution in [3.8, 4) is 0 Å². The normalized spacial score (nSPS) is 14.4. The molecule has 1 atom stereocenters. The summed E-state index contributed by atoms with van der Waals surface area (Å²) in [6, 6.07) is 14.5. The third-order valence-electron chi connectivity index (χ3n) is 6.05. The lowest BCUT2D eigenvalue weighted by Gasteiger charge is -2.36. The molecule has 0 radical (unpaired) electrons. The minimum absolute atomic E-state index is 0.0612. The van der Waals surface area contributed by atoms with E-state index in [2.05, 4.69) is 39.1 Å². The molecule has 2 amide bonds. The van der Waals surface area contributed by atoms with Gasteiger partial charge in [0.05, 0.1) is 22.4 Å². The maximum Gasteiger partial charge on any atom is 0.253 e. The first-order valence-electron chi connectivity index (χ1n) is 11.9. The highest BCUT2D eigenvalue weighted by Crippen LogP contribution is 2.24. The zero-order valence-corrected chi connectivity index (χ0v) is 22.8. The number of para-hydroxylation sites is 1. The van der Waals surface area contributed by atoms with E-state index < -0.39 is 6.04 Å². The van der Waals surface area contributed by atoms with Crippen LogP contribution >= 0.6 is 35.0 Å². The summed E-state index contributed by atoms with van der Waals surface area (Å²) in [5.41, 5.74) is 1.49. The Morgan fingerprint density at radius 2 is 1.84 bits per heavy atom. The molecule has 1 aliphatic heterocycles. The number of hydrogen-bond acceptors (Lipinski definition) is 6. The molecule has 1 saturated heterocycles. The maximum atomic E-state index is 12.9. The van der Waals surface area contributed by atoms with Gasteiger partial charge >= 0.3 is 0 Å². The van der Waals surface area contributed by atoms with Crippen molar-refractivity contribution in [3.05, 3.63) is 82.6 Å². The predicted octanol–water partition coefficient (Wildman–Crippen LogP) is 4.70. The molecule has 194 valence electrons. The number of carbonyl (C=O) groups is 2. The fourth-order valence-corrected chi connectivity index (χ4v) is 5.46. The van der Waals surface area contributed by atoms with Gasteiger partial charge in [0.2, 0.25) is 5.91 Å². The van der Waals surface area contributed by atoms with Crippen LogP contribution in [0.5, 0.6) is 0 Å². The quantitative estimate of drug-likeness (QED) is 0.302. The van der Waals surface area contributed by atoms with Crippen LogP contribution in [0, 0.1) is 0 Å². The summed E-state index contributed by atoms with van der Waals surface area (Å²) >= 11 is 13.4. The van der Waals surface area contributed by atoms with Gasteiger partial charge in [-0.2, -0.15) is 0 Å². The number of rotatable bonds is 9. The summed E-state index contributed by atoms with van der Waals surface area (Å²) in [5, 5.41) is 12.8. The Kier molecular flexibility index (Phi) is 9.13. The van der Waals surface area contributed by atoms with Crippen LogP contribution in [-0.2, 0) is 11.3 Å². The molecule has 0 bridgehead atoms. The maximum absolute atomic E-state index is 12.9. The number of aromatic nitrogens is 3. The van der Waals surface area contributed by atoms with E-state index in [4.69, 9.17) is 23.2 Å². The van der Waals surface area contributed by atoms with Gasteiger partial charge in [0, 0.05) is 43.4 Å². The molecule has 1 unspecified atom stereocenters. The first-order chi connectivity index (χ1) is 17.9. The fourth-order valence-electron chi connectivity index (χ4n) is 4.11. The predicted molar refractivity (Wildman–Crippen MR) is 149 cm³/mol. The Hall–Kier alpha value is -3.01. The van der Waals surface area contributed by atoms with E-state index in [1.54, 1.807) is 18.2 Å². The fraction of sp³-hybridized carbons (Fsp3) is 0.308. The smallest absolute Gasteiger partial charge is 0.253 e. The lowest BCUT2D eigenvalue weighted by molar-refractivity contribution is -0.128. The number of thioether (sulfide) groups is 1. The van der Waals surface area contributed by atoms with Gasteiger partial charge in [-0.25, -0.2) is 0 Å². The summed E-state index contributed by atoms with van der Waals surface area (Å²) in [6.07, 6.45) is 1.73. The van der Waals surface area contributed by atoms with Crippen molar-refractivity contribution < 1.29 is 9.59 Å². The number of allylic oxidation sites excluding steroid dienone is 1. The van der Waals surface area contributed by atoms with Crippen LogP contribution in [-0.4, -0.2) is 63.4 Å². The number of nitrogens with zero attached hydrogens (tertiary/aromatic N) is 5. The first-order valence-corrected chi connectivity index (χ1v) is 13.6. The van der Waals surface area contributed by atoms with Crippen molar-refractivity contribution in [1.29, 1.82) is 0 Å². The van der Waals surface area contributed by atoms with E-state index in [0.29, 0.717) is 41.2 Å². The van der Waals surface area contributed by atoms with Gasteiger partial charge in [-0.3, -0.25) is 9.59 Å². The average Bonchev–Trinajstić information content (AvgIpc) is 3.30. The third-order valence-corrected chi connectivity index (χ3v) is 7.55. The zero-order chi connectivity index (χ0) is 26.4. The van der Waals surface area contributed by atoms with Gasteiger partial charge in [-0.1, -0.05) is 59.2 Å². The van der Waals surface area contributed by atoms with E-state index in [9.17, 15) is 9.59 Å². The number of piperazine rings is 1. The second-order valence-electron chi connectivity index (χ2n) is 8.55. The molecular weight excluding hydrogens is 531 g/mol. The van der Waals surface area contributed by atoms with Gasteiger partial charge in [0.1, 0.15) is 0 Å². The second-order valence-corrected chi connectivity index (χ2v) is 10.3. The summed E-state index contributed by atoms with van der Waals surface area (Å²) in [4.78, 5) is 29.9. The topological polar surface area (TPSA) is 83.4 Å². The van der Waals surface area contributed by atoms with Crippen LogP contribution < -0.4 is 10.2 Å². The molecule has 0 spiro atoms. The van der Waals surface area contributed by atoms with Crippen LogP contribution in [0.1, 0.15) is 29.1 Å². The lowest BCUT2D eigenvalue weighted by atomic mass is 10.2. The number of nitrogens with one attached hydrogen (secondary N) is 1. The standard InChI is InChI=1S/C26H28Cl2N6O2S/c1-3-11-34-24(18(2)29-25(36)21-10-9-19(27)16-22(21)28)30-31-26(34)37-17-23(35)33-14-12-32(13-15-33)20-7-5-4-6-8-20/h3-10,16,18H,1,11-15,17H2,2H3,(H,29,36). The number of anilines is 1. The van der Waals surface area contributed by atoms with E-state index in [0.717, 1.165) is 13.1 Å². The van der Waals surface area contributed by atoms with Crippen LogP contribution in [0.2, 0.25) is 10.0 Å². The molecule has 2 aromatic carbocycles. The lowest BCUT2D eigenvalue weighted by Crippen LogP contribution is -2.49. The minimum Gasteiger partial charge on any atom is -0.368 e. The van der Waals surface area contributed by atoms with Crippen LogP contribution in [0.15, 0.2) is 66.3 Å². The van der Waals surface area contributed by atoms with E-state index in [1.807, 2.05) is 34.6 Å². The van der Waals surface area contributed by atoms with Crippen molar-refractivity contribution in [1.82, 2.24) is 25.0 Å². The largest absolute Gasteiger partial charge is 0.368 e. The second kappa shape index (κ2) is 12.5. The zero-order valence-electron chi connectivity index (χ0n) is 20.4. The average molecular weight is 560 g/mol. The summed E-state index contributed by atoms with van der Waals surface area (Å²) in [6.45, 7) is 9.03. The van der Waals surface area contributed by atoms with Crippen LogP contribution in [0.4, 0.5) is 5.69 Å². The number of amides is 2. The molecule has 1 fully saturated rings. The van der Waals surface area contributed by atoms with Gasteiger partial charge in [-0.15, -0.1) is 16.8 Å². The monoisotopic (exact) mass is 558 g/mol. The Balaban J connectivity index is 1.36.